The van der Waals surface area contributed by atoms with E-state index in [1.807, 2.05) is 0 Å². The predicted molar refractivity (Wildman–Crippen MR) is 100 cm³/mol. The second kappa shape index (κ2) is 6.10. The van der Waals surface area contributed by atoms with Crippen molar-refractivity contribution in [3.05, 3.63) is 35.5 Å². The zero-order valence-electron chi connectivity index (χ0n) is 14.8. The molecule has 1 aromatic heterocycles. The Balaban J connectivity index is 1.94. The van der Waals surface area contributed by atoms with Crippen LogP contribution in [0.2, 0.25) is 0 Å². The van der Waals surface area contributed by atoms with Crippen molar-refractivity contribution in [1.29, 1.82) is 0 Å². The number of fused-ring (bicyclic) bond motifs is 5. The lowest BCUT2D eigenvalue weighted by molar-refractivity contribution is 0.386. The van der Waals surface area contributed by atoms with Crippen LogP contribution in [0, 0.1) is 0 Å². The fraction of sp³-hybridized carbons (Fsp3) is 0.450. The highest BCUT2D eigenvalue weighted by molar-refractivity contribution is 6.26. The van der Waals surface area contributed by atoms with E-state index in [1.165, 1.54) is 33.4 Å². The van der Waals surface area contributed by atoms with Crippen molar-refractivity contribution in [1.82, 2.24) is 9.47 Å². The summed E-state index contributed by atoms with van der Waals surface area (Å²) in [4.78, 5) is 7.04. The van der Waals surface area contributed by atoms with Crippen LogP contribution in [0.15, 0.2) is 29.3 Å². The van der Waals surface area contributed by atoms with Crippen LogP contribution in [0.1, 0.15) is 24.1 Å². The molecule has 2 aliphatic rings. The number of dihydropyridines is 1. The fourth-order valence-electron chi connectivity index (χ4n) is 3.93. The lowest BCUT2D eigenvalue weighted by Crippen LogP contribution is -2.22. The molecule has 0 bridgehead atoms. The topological polar surface area (TPSA) is 29.8 Å². The molecule has 0 radical (unpaired) electrons. The van der Waals surface area contributed by atoms with Gasteiger partial charge < -0.3 is 14.2 Å². The average Bonchev–Trinajstić information content (AvgIpc) is 2.93. The highest BCUT2D eigenvalue weighted by Gasteiger charge is 2.28. The van der Waals surface area contributed by atoms with Crippen molar-refractivity contribution in [2.24, 2.45) is 4.99 Å². The van der Waals surface area contributed by atoms with Crippen LogP contribution >= 0.6 is 0 Å². The first-order valence-electron chi connectivity index (χ1n) is 8.77. The van der Waals surface area contributed by atoms with Crippen LogP contribution in [0.3, 0.4) is 0 Å². The monoisotopic (exact) mass is 323 g/mol. The third-order valence-corrected chi connectivity index (χ3v) is 5.10. The molecule has 2 heterocycles. The van der Waals surface area contributed by atoms with Gasteiger partial charge in [-0.3, -0.25) is 4.99 Å². The van der Waals surface area contributed by atoms with Crippen LogP contribution in [0.25, 0.3) is 16.5 Å². The van der Waals surface area contributed by atoms with Crippen molar-refractivity contribution in [3.8, 4) is 5.75 Å². The number of ether oxygens (including phenoxy) is 1. The van der Waals surface area contributed by atoms with E-state index in [-0.39, 0.29) is 0 Å². The van der Waals surface area contributed by atoms with Crippen molar-refractivity contribution < 1.29 is 4.74 Å². The Labute approximate surface area is 143 Å². The Hall–Kier alpha value is -2.07. The molecule has 0 atom stereocenters. The second-order valence-electron chi connectivity index (χ2n) is 6.90. The van der Waals surface area contributed by atoms with Crippen LogP contribution in [-0.2, 0) is 13.0 Å². The van der Waals surface area contributed by atoms with E-state index in [4.69, 9.17) is 9.73 Å². The van der Waals surface area contributed by atoms with Gasteiger partial charge in [-0.25, -0.2) is 0 Å². The highest BCUT2D eigenvalue weighted by atomic mass is 16.5. The number of likely N-dealkylation sites (N-methyl/N-ethyl adjacent to an activating group) is 1. The molecule has 24 heavy (non-hydrogen) atoms. The van der Waals surface area contributed by atoms with E-state index in [0.29, 0.717) is 0 Å². The number of aryl methyl sites for hydroxylation is 1. The van der Waals surface area contributed by atoms with Crippen molar-refractivity contribution in [2.75, 3.05) is 34.3 Å². The molecule has 4 heteroatoms. The molecule has 4 nitrogen and oxygen atoms in total. The third kappa shape index (κ3) is 2.46. The van der Waals surface area contributed by atoms with Crippen molar-refractivity contribution in [2.45, 2.75) is 25.8 Å². The summed E-state index contributed by atoms with van der Waals surface area (Å²) in [7, 11) is 6.01. The van der Waals surface area contributed by atoms with Gasteiger partial charge in [0.05, 0.1) is 12.8 Å². The fourth-order valence-corrected chi connectivity index (χ4v) is 3.93. The van der Waals surface area contributed by atoms with Crippen LogP contribution < -0.4 is 4.74 Å². The summed E-state index contributed by atoms with van der Waals surface area (Å²) in [6.07, 6.45) is 5.58. The Bertz CT molecular complexity index is 842. The Morgan fingerprint density at radius 3 is 2.92 bits per heavy atom. The van der Waals surface area contributed by atoms with Gasteiger partial charge in [0.15, 0.2) is 0 Å². The zero-order chi connectivity index (χ0) is 16.7. The number of aromatic nitrogens is 1. The number of benzene rings is 1. The minimum atomic E-state index is 0.937. The van der Waals surface area contributed by atoms with E-state index >= 15 is 0 Å². The predicted octanol–water partition coefficient (Wildman–Crippen LogP) is 3.39. The lowest BCUT2D eigenvalue weighted by Gasteiger charge is -2.24. The first-order valence-corrected chi connectivity index (χ1v) is 8.77. The molecule has 4 rings (SSSR count). The minimum absolute atomic E-state index is 0.937. The Morgan fingerprint density at radius 1 is 1.25 bits per heavy atom. The normalized spacial score (nSPS) is 16.7. The summed E-state index contributed by atoms with van der Waals surface area (Å²) in [6.45, 7) is 2.97. The molecule has 0 saturated carbocycles. The van der Waals surface area contributed by atoms with Gasteiger partial charge in [0, 0.05) is 41.8 Å². The molecule has 0 spiro atoms. The first-order chi connectivity index (χ1) is 11.7. The molecule has 0 unspecified atom stereocenters. The van der Waals surface area contributed by atoms with Crippen LogP contribution in [-0.4, -0.2) is 49.5 Å². The maximum absolute atomic E-state index is 5.47. The first kappa shape index (κ1) is 15.5. The molecule has 2 aromatic rings. The third-order valence-electron chi connectivity index (χ3n) is 5.10. The van der Waals surface area contributed by atoms with Gasteiger partial charge in [-0.1, -0.05) is 6.08 Å². The highest BCUT2D eigenvalue weighted by Crippen LogP contribution is 2.39. The van der Waals surface area contributed by atoms with E-state index in [9.17, 15) is 0 Å². The molecule has 126 valence electrons. The minimum Gasteiger partial charge on any atom is -0.497 e. The van der Waals surface area contributed by atoms with E-state index in [1.54, 1.807) is 7.11 Å². The second-order valence-corrected chi connectivity index (χ2v) is 6.90. The molecular formula is C20H25N3O. The smallest absolute Gasteiger partial charge is 0.119 e. The van der Waals surface area contributed by atoms with Crippen molar-refractivity contribution in [3.63, 3.8) is 0 Å². The molecule has 1 aliphatic carbocycles. The summed E-state index contributed by atoms with van der Waals surface area (Å²) >= 11 is 0. The van der Waals surface area contributed by atoms with Gasteiger partial charge in [0.25, 0.3) is 0 Å². The number of aliphatic imine (C=N–C) groups is 1. The Kier molecular flexibility index (Phi) is 3.93. The van der Waals surface area contributed by atoms with E-state index < -0.39 is 0 Å². The van der Waals surface area contributed by atoms with Crippen LogP contribution in [0.5, 0.6) is 5.75 Å². The quantitative estimate of drug-likeness (QED) is 0.863. The van der Waals surface area contributed by atoms with Gasteiger partial charge in [0.2, 0.25) is 0 Å². The summed E-state index contributed by atoms with van der Waals surface area (Å²) in [6, 6.07) is 6.48. The Morgan fingerprint density at radius 2 is 2.12 bits per heavy atom. The zero-order valence-corrected chi connectivity index (χ0v) is 14.8. The molecule has 0 fully saturated rings. The largest absolute Gasteiger partial charge is 0.497 e. The maximum Gasteiger partial charge on any atom is 0.119 e. The van der Waals surface area contributed by atoms with Gasteiger partial charge in [-0.05, 0) is 57.1 Å². The summed E-state index contributed by atoms with van der Waals surface area (Å²) in [5.41, 5.74) is 6.85. The van der Waals surface area contributed by atoms with Crippen LogP contribution in [0.4, 0.5) is 0 Å². The summed E-state index contributed by atoms with van der Waals surface area (Å²) in [5, 5.41) is 1.34. The standard InChI is InChI=1S/C20H25N3O/c1-22(2)11-12-23-19-9-6-14(24-3)13-17(19)15-7-8-18-16(20(15)23)5-4-10-21-18/h5-6,9,13H,4,7-8,10-12H2,1-3H3. The average molecular weight is 323 g/mol. The number of rotatable bonds is 4. The number of nitrogens with zero attached hydrogens (tertiary/aromatic N) is 3. The lowest BCUT2D eigenvalue weighted by atomic mass is 9.87. The van der Waals surface area contributed by atoms with Gasteiger partial charge in [-0.15, -0.1) is 0 Å². The van der Waals surface area contributed by atoms with Gasteiger partial charge in [-0.2, -0.15) is 0 Å². The molecule has 1 aromatic carbocycles. The molecule has 1 aliphatic heterocycles. The number of methoxy groups -OCH3 is 1. The van der Waals surface area contributed by atoms with E-state index in [0.717, 1.165) is 44.6 Å². The molecular weight excluding hydrogens is 298 g/mol. The molecule has 0 N–H and O–H groups in total. The van der Waals surface area contributed by atoms with Gasteiger partial charge >= 0.3 is 0 Å². The number of hydrogen-bond acceptors (Lipinski definition) is 3. The maximum atomic E-state index is 5.47. The number of hydrogen-bond donors (Lipinski definition) is 0. The van der Waals surface area contributed by atoms with Gasteiger partial charge in [0.1, 0.15) is 5.75 Å². The van der Waals surface area contributed by atoms with Crippen molar-refractivity contribution >= 4 is 22.2 Å². The SMILES string of the molecule is COc1ccc2c(c1)c1c(n2CCN(C)C)C2=CCCN=C2CC1. The summed E-state index contributed by atoms with van der Waals surface area (Å²) in [5.74, 6) is 0.937. The molecule has 0 saturated heterocycles. The summed E-state index contributed by atoms with van der Waals surface area (Å²) < 4.78 is 7.97. The molecule has 0 amide bonds. The van der Waals surface area contributed by atoms with E-state index in [2.05, 4.69) is 47.8 Å². The number of allylic oxidation sites excluding steroid dienone is 1.